The van der Waals surface area contributed by atoms with Gasteiger partial charge in [-0.3, -0.25) is 10.4 Å². The number of nitrogens with one attached hydrogen (secondary N) is 2. The van der Waals surface area contributed by atoms with Gasteiger partial charge < -0.3 is 5.32 Å². The molecule has 1 fully saturated rings. The van der Waals surface area contributed by atoms with E-state index in [1.54, 1.807) is 0 Å². The number of guanidine groups is 1. The summed E-state index contributed by atoms with van der Waals surface area (Å²) in [5.74, 6) is 7.65. The van der Waals surface area contributed by atoms with Gasteiger partial charge in [-0.05, 0) is 32.1 Å². The normalized spacial score (nSPS) is 27.6. The molecule has 2 atom stereocenters. The Balaban J connectivity index is 2.27. The average Bonchev–Trinajstić information content (AvgIpc) is 2.75. The van der Waals surface area contributed by atoms with E-state index in [4.69, 9.17) is 5.84 Å². The Kier molecular flexibility index (Phi) is 3.54. The maximum atomic E-state index is 5.32. The fourth-order valence-corrected chi connectivity index (χ4v) is 1.27. The van der Waals surface area contributed by atoms with Gasteiger partial charge in [-0.1, -0.05) is 6.92 Å². The summed E-state index contributed by atoms with van der Waals surface area (Å²) in [6.07, 6.45) is 1.31. The van der Waals surface area contributed by atoms with Crippen molar-refractivity contribution in [2.75, 3.05) is 6.54 Å². The standard InChI is InChI=1S/C9H20N4/c1-6(2)12-9(13-10)11-5-8-4-7(8)3/h6-8H,4-5,10H2,1-3H3,(H2,11,12,13). The Hall–Kier alpha value is -0.770. The van der Waals surface area contributed by atoms with Crippen LogP contribution in [0.15, 0.2) is 4.99 Å². The lowest BCUT2D eigenvalue weighted by atomic mass is 10.3. The van der Waals surface area contributed by atoms with Crippen LogP contribution in [0.4, 0.5) is 0 Å². The van der Waals surface area contributed by atoms with E-state index in [0.29, 0.717) is 12.0 Å². The van der Waals surface area contributed by atoms with Gasteiger partial charge in [0.2, 0.25) is 5.96 Å². The van der Waals surface area contributed by atoms with Crippen molar-refractivity contribution in [1.82, 2.24) is 10.7 Å². The zero-order valence-electron chi connectivity index (χ0n) is 8.67. The SMILES string of the molecule is CC(C)NC(=NCC1CC1C)NN. The van der Waals surface area contributed by atoms with Crippen LogP contribution in [0.5, 0.6) is 0 Å². The highest BCUT2D eigenvalue weighted by Crippen LogP contribution is 2.37. The van der Waals surface area contributed by atoms with Gasteiger partial charge >= 0.3 is 0 Å². The Labute approximate surface area is 80.0 Å². The molecule has 1 rings (SSSR count). The van der Waals surface area contributed by atoms with E-state index in [2.05, 4.69) is 36.5 Å². The number of hydrogen-bond acceptors (Lipinski definition) is 2. The highest BCUT2D eigenvalue weighted by atomic mass is 15.3. The van der Waals surface area contributed by atoms with Gasteiger partial charge in [0.1, 0.15) is 0 Å². The van der Waals surface area contributed by atoms with Crippen LogP contribution in [0, 0.1) is 11.8 Å². The molecule has 2 unspecified atom stereocenters. The van der Waals surface area contributed by atoms with E-state index in [9.17, 15) is 0 Å². The van der Waals surface area contributed by atoms with Crippen LogP contribution in [0.1, 0.15) is 27.2 Å². The minimum atomic E-state index is 0.367. The predicted molar refractivity (Wildman–Crippen MR) is 55.2 cm³/mol. The highest BCUT2D eigenvalue weighted by molar-refractivity contribution is 5.79. The molecule has 0 radical (unpaired) electrons. The van der Waals surface area contributed by atoms with Crippen LogP contribution in [0.3, 0.4) is 0 Å². The number of nitrogens with zero attached hydrogens (tertiary/aromatic N) is 1. The summed E-state index contributed by atoms with van der Waals surface area (Å²) in [6.45, 7) is 7.27. The molecule has 0 aromatic heterocycles. The monoisotopic (exact) mass is 184 g/mol. The van der Waals surface area contributed by atoms with Gasteiger partial charge in [-0.2, -0.15) is 0 Å². The molecule has 0 heterocycles. The Bertz CT molecular complexity index is 188. The third-order valence-electron chi connectivity index (χ3n) is 2.32. The van der Waals surface area contributed by atoms with Crippen molar-refractivity contribution >= 4 is 5.96 Å². The van der Waals surface area contributed by atoms with Crippen LogP contribution in [0.25, 0.3) is 0 Å². The summed E-state index contributed by atoms with van der Waals surface area (Å²) in [5, 5.41) is 3.14. The molecule has 0 aromatic carbocycles. The van der Waals surface area contributed by atoms with Gasteiger partial charge in [0, 0.05) is 12.6 Å². The summed E-state index contributed by atoms with van der Waals surface area (Å²) in [7, 11) is 0. The van der Waals surface area contributed by atoms with Crippen LogP contribution in [-0.2, 0) is 0 Å². The van der Waals surface area contributed by atoms with Crippen molar-refractivity contribution in [2.45, 2.75) is 33.2 Å². The first-order valence-electron chi connectivity index (χ1n) is 4.91. The summed E-state index contributed by atoms with van der Waals surface area (Å²) < 4.78 is 0. The number of aliphatic imine (C=N–C) groups is 1. The highest BCUT2D eigenvalue weighted by Gasteiger charge is 2.31. The van der Waals surface area contributed by atoms with Crippen molar-refractivity contribution < 1.29 is 0 Å². The summed E-state index contributed by atoms with van der Waals surface area (Å²) >= 11 is 0. The fraction of sp³-hybridized carbons (Fsp3) is 0.889. The van der Waals surface area contributed by atoms with E-state index in [-0.39, 0.29) is 0 Å². The molecule has 0 aromatic rings. The maximum absolute atomic E-state index is 5.32. The number of rotatable bonds is 3. The van der Waals surface area contributed by atoms with Crippen molar-refractivity contribution in [1.29, 1.82) is 0 Å². The predicted octanol–water partition coefficient (Wildman–Crippen LogP) is 0.460. The van der Waals surface area contributed by atoms with Crippen LogP contribution in [0.2, 0.25) is 0 Å². The second kappa shape index (κ2) is 4.46. The molecule has 0 aliphatic heterocycles. The molecule has 4 N–H and O–H groups in total. The molecular formula is C9H20N4. The van der Waals surface area contributed by atoms with Crippen LogP contribution < -0.4 is 16.6 Å². The van der Waals surface area contributed by atoms with Gasteiger partial charge in [-0.25, -0.2) is 5.84 Å². The summed E-state index contributed by atoms with van der Waals surface area (Å²) in [4.78, 5) is 4.36. The molecule has 0 amide bonds. The first-order valence-corrected chi connectivity index (χ1v) is 4.91. The topological polar surface area (TPSA) is 62.4 Å². The fourth-order valence-electron chi connectivity index (χ4n) is 1.27. The minimum absolute atomic E-state index is 0.367. The van der Waals surface area contributed by atoms with E-state index >= 15 is 0 Å². The van der Waals surface area contributed by atoms with E-state index in [1.165, 1.54) is 6.42 Å². The molecule has 76 valence electrons. The second-order valence-corrected chi connectivity index (χ2v) is 4.11. The van der Waals surface area contributed by atoms with E-state index < -0.39 is 0 Å². The third kappa shape index (κ3) is 3.63. The van der Waals surface area contributed by atoms with Crippen molar-refractivity contribution in [3.8, 4) is 0 Å². The van der Waals surface area contributed by atoms with Gasteiger partial charge in [0.05, 0.1) is 0 Å². The largest absolute Gasteiger partial charge is 0.353 e. The lowest BCUT2D eigenvalue weighted by Crippen LogP contribution is -2.44. The van der Waals surface area contributed by atoms with E-state index in [0.717, 1.165) is 18.4 Å². The summed E-state index contributed by atoms with van der Waals surface area (Å²) in [6, 6.07) is 0.367. The van der Waals surface area contributed by atoms with Crippen LogP contribution in [-0.4, -0.2) is 18.5 Å². The molecule has 13 heavy (non-hydrogen) atoms. The van der Waals surface area contributed by atoms with Gasteiger partial charge in [0.15, 0.2) is 0 Å². The zero-order valence-corrected chi connectivity index (χ0v) is 8.67. The van der Waals surface area contributed by atoms with Gasteiger partial charge in [-0.15, -0.1) is 0 Å². The minimum Gasteiger partial charge on any atom is -0.353 e. The molecule has 1 saturated carbocycles. The average molecular weight is 184 g/mol. The molecule has 4 nitrogen and oxygen atoms in total. The molecule has 0 saturated heterocycles. The van der Waals surface area contributed by atoms with Crippen molar-refractivity contribution in [2.24, 2.45) is 22.7 Å². The molecule has 0 spiro atoms. The number of hydrazine groups is 1. The Morgan fingerprint density at radius 2 is 2.23 bits per heavy atom. The number of nitrogens with two attached hydrogens (primary N) is 1. The van der Waals surface area contributed by atoms with E-state index in [1.807, 2.05) is 0 Å². The first-order chi connectivity index (χ1) is 6.13. The zero-order chi connectivity index (χ0) is 9.84. The lowest BCUT2D eigenvalue weighted by Gasteiger charge is -2.11. The van der Waals surface area contributed by atoms with Crippen molar-refractivity contribution in [3.05, 3.63) is 0 Å². The Morgan fingerprint density at radius 3 is 2.62 bits per heavy atom. The quantitative estimate of drug-likeness (QED) is 0.258. The maximum Gasteiger partial charge on any atom is 0.205 e. The van der Waals surface area contributed by atoms with Crippen LogP contribution >= 0.6 is 0 Å². The molecule has 1 aliphatic carbocycles. The summed E-state index contributed by atoms with van der Waals surface area (Å²) in [5.41, 5.74) is 2.57. The third-order valence-corrected chi connectivity index (χ3v) is 2.32. The van der Waals surface area contributed by atoms with Crippen molar-refractivity contribution in [3.63, 3.8) is 0 Å². The smallest absolute Gasteiger partial charge is 0.205 e. The molecular weight excluding hydrogens is 164 g/mol. The first kappa shape index (κ1) is 10.3. The molecule has 1 aliphatic rings. The second-order valence-electron chi connectivity index (χ2n) is 4.11. The lowest BCUT2D eigenvalue weighted by molar-refractivity contribution is 0.690. The Morgan fingerprint density at radius 1 is 1.62 bits per heavy atom. The molecule has 4 heteroatoms. The van der Waals surface area contributed by atoms with Gasteiger partial charge in [0.25, 0.3) is 0 Å². The number of hydrogen-bond donors (Lipinski definition) is 3. The molecule has 0 bridgehead atoms.